The van der Waals surface area contributed by atoms with E-state index in [4.69, 9.17) is 0 Å². The van der Waals surface area contributed by atoms with Gasteiger partial charge in [-0.15, -0.1) is 0 Å². The maximum atomic E-state index is 11.2. The van der Waals surface area contributed by atoms with Crippen LogP contribution in [-0.4, -0.2) is 37.8 Å². The first-order valence-corrected chi connectivity index (χ1v) is 6.60. The van der Waals surface area contributed by atoms with E-state index >= 15 is 0 Å². The molecule has 0 radical (unpaired) electrons. The second-order valence-corrected chi connectivity index (χ2v) is 5.77. The van der Waals surface area contributed by atoms with Crippen LogP contribution in [0.25, 0.3) is 0 Å². The van der Waals surface area contributed by atoms with Gasteiger partial charge in [0.2, 0.25) is 0 Å². The van der Waals surface area contributed by atoms with E-state index in [1.54, 1.807) is 12.1 Å². The SMILES string of the molecule is CS(=O)(=O)c1ccc([C@H](O)N2CC2)cc1. The summed E-state index contributed by atoms with van der Waals surface area (Å²) in [5.41, 5.74) is 0.736. The van der Waals surface area contributed by atoms with Crippen molar-refractivity contribution in [2.45, 2.75) is 11.1 Å². The number of sulfone groups is 1. The first-order chi connectivity index (χ1) is 6.98. The van der Waals surface area contributed by atoms with Gasteiger partial charge in [0.15, 0.2) is 9.84 Å². The third-order valence-electron chi connectivity index (χ3n) is 2.43. The maximum absolute atomic E-state index is 11.2. The number of aliphatic hydroxyl groups excluding tert-OH is 1. The predicted molar refractivity (Wildman–Crippen MR) is 56.1 cm³/mol. The highest BCUT2D eigenvalue weighted by Gasteiger charge is 2.26. The van der Waals surface area contributed by atoms with Crippen molar-refractivity contribution in [2.24, 2.45) is 0 Å². The van der Waals surface area contributed by atoms with Gasteiger partial charge in [0.25, 0.3) is 0 Å². The van der Waals surface area contributed by atoms with Gasteiger partial charge in [0.05, 0.1) is 4.90 Å². The van der Waals surface area contributed by atoms with Crippen molar-refractivity contribution < 1.29 is 13.5 Å². The van der Waals surface area contributed by atoms with Gasteiger partial charge in [-0.2, -0.15) is 0 Å². The van der Waals surface area contributed by atoms with E-state index in [0.29, 0.717) is 0 Å². The van der Waals surface area contributed by atoms with Gasteiger partial charge in [0, 0.05) is 19.3 Å². The molecule has 0 saturated carbocycles. The topological polar surface area (TPSA) is 57.4 Å². The molecular formula is C10H13NO3S. The van der Waals surface area contributed by atoms with Gasteiger partial charge in [-0.1, -0.05) is 12.1 Å². The van der Waals surface area contributed by atoms with E-state index in [1.807, 2.05) is 4.90 Å². The smallest absolute Gasteiger partial charge is 0.175 e. The second-order valence-electron chi connectivity index (χ2n) is 3.75. The zero-order valence-electron chi connectivity index (χ0n) is 8.42. The lowest BCUT2D eigenvalue weighted by atomic mass is 10.2. The zero-order chi connectivity index (χ0) is 11.1. The fourth-order valence-electron chi connectivity index (χ4n) is 1.40. The summed E-state index contributed by atoms with van der Waals surface area (Å²) in [6, 6.07) is 6.35. The van der Waals surface area contributed by atoms with E-state index in [1.165, 1.54) is 18.4 Å². The summed E-state index contributed by atoms with van der Waals surface area (Å²) in [5.74, 6) is 0. The van der Waals surface area contributed by atoms with E-state index < -0.39 is 16.1 Å². The molecule has 1 N–H and O–H groups in total. The molecule has 1 heterocycles. The highest BCUT2D eigenvalue weighted by Crippen LogP contribution is 2.24. The van der Waals surface area contributed by atoms with Crippen LogP contribution in [0.5, 0.6) is 0 Å². The Kier molecular flexibility index (Phi) is 2.54. The molecule has 0 aliphatic carbocycles. The van der Waals surface area contributed by atoms with Crippen LogP contribution in [0.3, 0.4) is 0 Å². The molecule has 0 spiro atoms. The highest BCUT2D eigenvalue weighted by atomic mass is 32.2. The lowest BCUT2D eigenvalue weighted by Gasteiger charge is -2.11. The van der Waals surface area contributed by atoms with Crippen LogP contribution >= 0.6 is 0 Å². The van der Waals surface area contributed by atoms with Crippen molar-refractivity contribution in [3.63, 3.8) is 0 Å². The number of hydrogen-bond acceptors (Lipinski definition) is 4. The van der Waals surface area contributed by atoms with Gasteiger partial charge in [0.1, 0.15) is 6.23 Å². The normalized spacial score (nSPS) is 18.8. The quantitative estimate of drug-likeness (QED) is 0.759. The van der Waals surface area contributed by atoms with Crippen LogP contribution in [0.1, 0.15) is 11.8 Å². The molecule has 1 aromatic rings. The Morgan fingerprint density at radius 1 is 1.27 bits per heavy atom. The Morgan fingerprint density at radius 3 is 2.20 bits per heavy atom. The van der Waals surface area contributed by atoms with Gasteiger partial charge < -0.3 is 5.11 Å². The van der Waals surface area contributed by atoms with Gasteiger partial charge in [-0.25, -0.2) is 8.42 Å². The molecule has 1 saturated heterocycles. The van der Waals surface area contributed by atoms with Crippen LogP contribution in [0, 0.1) is 0 Å². The second kappa shape index (κ2) is 3.59. The van der Waals surface area contributed by atoms with Crippen LogP contribution in [0.15, 0.2) is 29.2 Å². The Hall–Kier alpha value is -0.910. The van der Waals surface area contributed by atoms with E-state index in [-0.39, 0.29) is 4.90 Å². The summed E-state index contributed by atoms with van der Waals surface area (Å²) in [7, 11) is -3.15. The number of aliphatic hydroxyl groups is 1. The minimum absolute atomic E-state index is 0.282. The van der Waals surface area contributed by atoms with Gasteiger partial charge in [-0.3, -0.25) is 4.90 Å². The van der Waals surface area contributed by atoms with E-state index in [9.17, 15) is 13.5 Å². The van der Waals surface area contributed by atoms with Crippen LogP contribution < -0.4 is 0 Å². The molecule has 0 bridgehead atoms. The number of benzene rings is 1. The molecule has 1 atom stereocenters. The highest BCUT2D eigenvalue weighted by molar-refractivity contribution is 7.90. The summed E-state index contributed by atoms with van der Waals surface area (Å²) in [5, 5.41) is 9.73. The Balaban J connectivity index is 2.23. The lowest BCUT2D eigenvalue weighted by molar-refractivity contribution is 0.0806. The number of hydrogen-bond donors (Lipinski definition) is 1. The summed E-state index contributed by atoms with van der Waals surface area (Å²) < 4.78 is 22.4. The molecule has 1 aromatic carbocycles. The monoisotopic (exact) mass is 227 g/mol. The standard InChI is InChI=1S/C10H13NO3S/c1-15(13,14)9-4-2-8(3-5-9)10(12)11-6-7-11/h2-5,10,12H,6-7H2,1H3/t10-/m0/s1. The zero-order valence-corrected chi connectivity index (χ0v) is 9.24. The molecule has 15 heavy (non-hydrogen) atoms. The van der Waals surface area contributed by atoms with Crippen molar-refractivity contribution in [3.8, 4) is 0 Å². The first kappa shape index (κ1) is 10.6. The minimum Gasteiger partial charge on any atom is -0.374 e. The molecule has 0 unspecified atom stereocenters. The molecule has 82 valence electrons. The third kappa shape index (κ3) is 2.37. The Labute approximate surface area is 89.1 Å². The van der Waals surface area contributed by atoms with Crippen molar-refractivity contribution in [1.82, 2.24) is 4.90 Å². The number of rotatable bonds is 3. The van der Waals surface area contributed by atoms with Gasteiger partial charge >= 0.3 is 0 Å². The molecule has 0 aromatic heterocycles. The van der Waals surface area contributed by atoms with Crippen LogP contribution in [-0.2, 0) is 9.84 Å². The Bertz CT molecular complexity index is 448. The van der Waals surface area contributed by atoms with Crippen LogP contribution in [0.2, 0.25) is 0 Å². The van der Waals surface area contributed by atoms with Crippen molar-refractivity contribution in [3.05, 3.63) is 29.8 Å². The molecule has 2 rings (SSSR count). The van der Waals surface area contributed by atoms with Crippen molar-refractivity contribution >= 4 is 9.84 Å². The summed E-state index contributed by atoms with van der Waals surface area (Å²) in [6.45, 7) is 1.80. The average molecular weight is 227 g/mol. The molecule has 4 nitrogen and oxygen atoms in total. The fourth-order valence-corrected chi connectivity index (χ4v) is 2.03. The van der Waals surface area contributed by atoms with E-state index in [2.05, 4.69) is 0 Å². The van der Waals surface area contributed by atoms with Crippen molar-refractivity contribution in [1.29, 1.82) is 0 Å². The largest absolute Gasteiger partial charge is 0.374 e. The maximum Gasteiger partial charge on any atom is 0.175 e. The average Bonchev–Trinajstić information content (AvgIpc) is 2.99. The third-order valence-corrected chi connectivity index (χ3v) is 3.56. The summed E-state index contributed by atoms with van der Waals surface area (Å²) >= 11 is 0. The Morgan fingerprint density at radius 2 is 1.80 bits per heavy atom. The molecule has 1 aliphatic heterocycles. The van der Waals surface area contributed by atoms with Crippen molar-refractivity contribution in [2.75, 3.05) is 19.3 Å². The molecule has 1 aliphatic rings. The molecule has 1 fully saturated rings. The summed E-state index contributed by atoms with van der Waals surface area (Å²) in [4.78, 5) is 2.17. The molecule has 5 heteroatoms. The molecule has 0 amide bonds. The fraction of sp³-hybridized carbons (Fsp3) is 0.400. The lowest BCUT2D eigenvalue weighted by Crippen LogP contribution is -2.08. The predicted octanol–water partition coefficient (Wildman–Crippen LogP) is 0.397. The molecular weight excluding hydrogens is 214 g/mol. The van der Waals surface area contributed by atoms with E-state index in [0.717, 1.165) is 18.7 Å². The first-order valence-electron chi connectivity index (χ1n) is 4.70. The van der Waals surface area contributed by atoms with Crippen LogP contribution in [0.4, 0.5) is 0 Å². The minimum atomic E-state index is -3.15. The summed E-state index contributed by atoms with van der Waals surface area (Å²) in [6.07, 6.45) is 0.571. The number of nitrogens with zero attached hydrogens (tertiary/aromatic N) is 1. The van der Waals surface area contributed by atoms with Gasteiger partial charge in [-0.05, 0) is 17.7 Å².